The molecule has 0 aromatic heterocycles. The molecular formula is C9H11Cl2N3O. The molecule has 1 aromatic rings. The van der Waals surface area contributed by atoms with Gasteiger partial charge in [0, 0.05) is 18.7 Å². The van der Waals surface area contributed by atoms with Crippen LogP contribution in [0.25, 0.3) is 0 Å². The highest BCUT2D eigenvalue weighted by Crippen LogP contribution is 2.24. The Labute approximate surface area is 97.7 Å². The van der Waals surface area contributed by atoms with Gasteiger partial charge in [0.25, 0.3) is 0 Å². The Morgan fingerprint density at radius 3 is 2.73 bits per heavy atom. The van der Waals surface area contributed by atoms with Crippen molar-refractivity contribution < 1.29 is 5.21 Å². The summed E-state index contributed by atoms with van der Waals surface area (Å²) in [6, 6.07) is 5.23. The quantitative estimate of drug-likeness (QED) is 0.332. The fourth-order valence-corrected chi connectivity index (χ4v) is 1.29. The molecule has 0 bridgehead atoms. The number of nitrogens with one attached hydrogen (secondary N) is 1. The summed E-state index contributed by atoms with van der Waals surface area (Å²) in [5.74, 6) is 0.183. The summed E-state index contributed by atoms with van der Waals surface area (Å²) in [5, 5.41) is 15.2. The number of rotatable bonds is 4. The van der Waals surface area contributed by atoms with E-state index in [4.69, 9.17) is 34.1 Å². The number of anilines is 1. The monoisotopic (exact) mass is 247 g/mol. The van der Waals surface area contributed by atoms with Crippen molar-refractivity contribution in [2.45, 2.75) is 6.42 Å². The minimum atomic E-state index is 0.183. The third-order valence-corrected chi connectivity index (χ3v) is 2.50. The number of amidine groups is 1. The lowest BCUT2D eigenvalue weighted by atomic mass is 10.3. The predicted molar refractivity (Wildman–Crippen MR) is 63.0 cm³/mol. The fraction of sp³-hybridized carbons (Fsp3) is 0.222. The highest BCUT2D eigenvalue weighted by atomic mass is 35.5. The van der Waals surface area contributed by atoms with Crippen LogP contribution < -0.4 is 11.1 Å². The van der Waals surface area contributed by atoms with Crippen LogP contribution in [0.15, 0.2) is 23.4 Å². The van der Waals surface area contributed by atoms with Gasteiger partial charge in [-0.05, 0) is 18.2 Å². The van der Waals surface area contributed by atoms with E-state index < -0.39 is 0 Å². The second-order valence-electron chi connectivity index (χ2n) is 2.90. The number of benzene rings is 1. The fourth-order valence-electron chi connectivity index (χ4n) is 0.991. The summed E-state index contributed by atoms with van der Waals surface area (Å²) >= 11 is 11.6. The molecule has 4 N–H and O–H groups in total. The summed E-state index contributed by atoms with van der Waals surface area (Å²) in [6.45, 7) is 0.563. The van der Waals surface area contributed by atoms with Gasteiger partial charge in [-0.15, -0.1) is 0 Å². The highest BCUT2D eigenvalue weighted by molar-refractivity contribution is 6.42. The molecule has 6 heteroatoms. The van der Waals surface area contributed by atoms with Crippen LogP contribution in [-0.4, -0.2) is 17.6 Å². The van der Waals surface area contributed by atoms with Crippen molar-refractivity contribution in [3.05, 3.63) is 28.2 Å². The van der Waals surface area contributed by atoms with Gasteiger partial charge in [-0.1, -0.05) is 28.4 Å². The van der Waals surface area contributed by atoms with Crippen LogP contribution in [0.5, 0.6) is 0 Å². The van der Waals surface area contributed by atoms with Gasteiger partial charge in [-0.3, -0.25) is 0 Å². The van der Waals surface area contributed by atoms with Crippen molar-refractivity contribution in [3.63, 3.8) is 0 Å². The maximum Gasteiger partial charge on any atom is 0.140 e. The normalized spacial score (nSPS) is 11.5. The summed E-state index contributed by atoms with van der Waals surface area (Å²) < 4.78 is 0. The molecule has 1 aromatic carbocycles. The van der Waals surface area contributed by atoms with Crippen molar-refractivity contribution in [1.29, 1.82) is 0 Å². The lowest BCUT2D eigenvalue weighted by molar-refractivity contribution is 0.317. The molecule has 0 radical (unpaired) electrons. The Bertz CT molecular complexity index is 368. The molecule has 1 rings (SSSR count). The van der Waals surface area contributed by atoms with E-state index in [0.717, 1.165) is 5.69 Å². The van der Waals surface area contributed by atoms with E-state index >= 15 is 0 Å². The van der Waals surface area contributed by atoms with Crippen LogP contribution in [-0.2, 0) is 0 Å². The van der Waals surface area contributed by atoms with Crippen LogP contribution >= 0.6 is 23.2 Å². The second kappa shape index (κ2) is 5.68. The van der Waals surface area contributed by atoms with Crippen molar-refractivity contribution in [2.24, 2.45) is 10.9 Å². The molecule has 0 amide bonds. The van der Waals surface area contributed by atoms with E-state index in [0.29, 0.717) is 23.0 Å². The van der Waals surface area contributed by atoms with Crippen LogP contribution in [0.2, 0.25) is 10.0 Å². The molecule has 0 spiro atoms. The van der Waals surface area contributed by atoms with Crippen LogP contribution in [0.1, 0.15) is 6.42 Å². The Kier molecular flexibility index (Phi) is 4.52. The van der Waals surface area contributed by atoms with E-state index in [1.165, 1.54) is 0 Å². The molecule has 0 aliphatic carbocycles. The summed E-state index contributed by atoms with van der Waals surface area (Å²) in [4.78, 5) is 0. The zero-order valence-electron chi connectivity index (χ0n) is 7.87. The topological polar surface area (TPSA) is 70.6 Å². The second-order valence-corrected chi connectivity index (χ2v) is 3.71. The molecular weight excluding hydrogens is 237 g/mol. The molecule has 82 valence electrons. The molecule has 4 nitrogen and oxygen atoms in total. The predicted octanol–water partition coefficient (Wildman–Crippen LogP) is 2.54. The third-order valence-electron chi connectivity index (χ3n) is 1.76. The van der Waals surface area contributed by atoms with Crippen LogP contribution in [0.4, 0.5) is 5.69 Å². The average molecular weight is 248 g/mol. The van der Waals surface area contributed by atoms with Crippen LogP contribution in [0, 0.1) is 0 Å². The van der Waals surface area contributed by atoms with Gasteiger partial charge in [0.05, 0.1) is 10.0 Å². The molecule has 0 aliphatic heterocycles. The minimum Gasteiger partial charge on any atom is -0.409 e. The van der Waals surface area contributed by atoms with Gasteiger partial charge >= 0.3 is 0 Å². The molecule has 0 fully saturated rings. The van der Waals surface area contributed by atoms with Gasteiger partial charge in [0.2, 0.25) is 0 Å². The number of hydrogen-bond donors (Lipinski definition) is 3. The van der Waals surface area contributed by atoms with E-state index in [1.807, 2.05) is 0 Å². The molecule has 0 saturated heterocycles. The van der Waals surface area contributed by atoms with Crippen molar-refractivity contribution in [1.82, 2.24) is 0 Å². The first-order valence-corrected chi connectivity index (χ1v) is 5.04. The minimum absolute atomic E-state index is 0.183. The highest BCUT2D eigenvalue weighted by Gasteiger charge is 1.99. The van der Waals surface area contributed by atoms with Gasteiger partial charge in [0.1, 0.15) is 5.84 Å². The molecule has 0 saturated carbocycles. The lowest BCUT2D eigenvalue weighted by Crippen LogP contribution is -2.16. The maximum atomic E-state index is 8.31. The van der Waals surface area contributed by atoms with Crippen molar-refractivity contribution in [3.8, 4) is 0 Å². The standard InChI is InChI=1S/C9H11Cl2N3O/c10-7-2-1-6(5-8(7)11)13-4-3-9(12)14-15/h1-2,5,13,15H,3-4H2,(H2,12,14). The number of oxime groups is 1. The van der Waals surface area contributed by atoms with E-state index in [1.54, 1.807) is 18.2 Å². The number of hydrogen-bond acceptors (Lipinski definition) is 3. The Morgan fingerprint density at radius 1 is 1.40 bits per heavy atom. The van der Waals surface area contributed by atoms with E-state index in [-0.39, 0.29) is 5.84 Å². The number of nitrogens with two attached hydrogens (primary N) is 1. The summed E-state index contributed by atoms with van der Waals surface area (Å²) in [5.41, 5.74) is 6.15. The third kappa shape index (κ3) is 3.85. The number of halogens is 2. The molecule has 0 aliphatic rings. The van der Waals surface area contributed by atoms with Gasteiger partial charge in [0.15, 0.2) is 0 Å². The Hall–Kier alpha value is -1.13. The summed E-state index contributed by atoms with van der Waals surface area (Å²) in [7, 11) is 0. The molecule has 0 heterocycles. The average Bonchev–Trinajstić information content (AvgIpc) is 2.23. The largest absolute Gasteiger partial charge is 0.409 e. The first-order valence-electron chi connectivity index (χ1n) is 4.29. The van der Waals surface area contributed by atoms with E-state index in [9.17, 15) is 0 Å². The maximum absolute atomic E-state index is 8.31. The SMILES string of the molecule is NC(CCNc1ccc(Cl)c(Cl)c1)=NO. The Morgan fingerprint density at radius 2 is 2.13 bits per heavy atom. The zero-order valence-corrected chi connectivity index (χ0v) is 9.39. The van der Waals surface area contributed by atoms with Gasteiger partial charge in [-0.25, -0.2) is 0 Å². The van der Waals surface area contributed by atoms with Crippen molar-refractivity contribution in [2.75, 3.05) is 11.9 Å². The van der Waals surface area contributed by atoms with Gasteiger partial charge < -0.3 is 16.3 Å². The molecule has 0 atom stereocenters. The smallest absolute Gasteiger partial charge is 0.140 e. The Balaban J connectivity index is 2.48. The van der Waals surface area contributed by atoms with Crippen molar-refractivity contribution >= 4 is 34.7 Å². The first kappa shape index (κ1) is 11.9. The van der Waals surface area contributed by atoms with E-state index in [2.05, 4.69) is 10.5 Å². The van der Waals surface area contributed by atoms with Crippen LogP contribution in [0.3, 0.4) is 0 Å². The molecule has 0 unspecified atom stereocenters. The molecule has 15 heavy (non-hydrogen) atoms. The van der Waals surface area contributed by atoms with Gasteiger partial charge in [-0.2, -0.15) is 0 Å². The first-order chi connectivity index (χ1) is 7.13. The number of nitrogens with zero attached hydrogens (tertiary/aromatic N) is 1. The zero-order chi connectivity index (χ0) is 11.3. The summed E-state index contributed by atoms with van der Waals surface area (Å²) in [6.07, 6.45) is 0.455. The lowest BCUT2D eigenvalue weighted by Gasteiger charge is -2.06.